The highest BCUT2D eigenvalue weighted by molar-refractivity contribution is 5.85. The summed E-state index contributed by atoms with van der Waals surface area (Å²) in [6.45, 7) is 5.11. The molecule has 0 saturated carbocycles. The Bertz CT molecular complexity index is 637. The second kappa shape index (κ2) is 11.6. The molecule has 0 bridgehead atoms. The minimum absolute atomic E-state index is 0. The molecule has 0 radical (unpaired) electrons. The van der Waals surface area contributed by atoms with Crippen molar-refractivity contribution in [1.82, 2.24) is 9.80 Å². The largest absolute Gasteiger partial charge is 0.343 e. The number of piperidine rings is 2. The van der Waals surface area contributed by atoms with Gasteiger partial charge in [-0.1, -0.05) is 30.3 Å². The van der Waals surface area contributed by atoms with Crippen LogP contribution in [0.5, 0.6) is 0 Å². The second-order valence-electron chi connectivity index (χ2n) is 8.61. The van der Waals surface area contributed by atoms with Crippen molar-refractivity contribution in [2.75, 3.05) is 26.2 Å². The molecule has 2 fully saturated rings. The predicted octanol–water partition coefficient (Wildman–Crippen LogP) is 3.26. The number of rotatable bonds is 6. The topological polar surface area (TPSA) is 66.6 Å². The van der Waals surface area contributed by atoms with E-state index in [1.54, 1.807) is 6.92 Å². The van der Waals surface area contributed by atoms with Gasteiger partial charge >= 0.3 is 0 Å². The SMILES string of the molecule is C[C@@H](N)C(=O)N1CCC(CCC(=O)N2CCC(Cc3ccccc3)CC2)CC1.Cl. The summed E-state index contributed by atoms with van der Waals surface area (Å²) in [5.74, 6) is 1.61. The smallest absolute Gasteiger partial charge is 0.239 e. The van der Waals surface area contributed by atoms with E-state index in [2.05, 4.69) is 35.2 Å². The third kappa shape index (κ3) is 7.00. The van der Waals surface area contributed by atoms with Gasteiger partial charge in [0.15, 0.2) is 0 Å². The lowest BCUT2D eigenvalue weighted by Crippen LogP contribution is -2.46. The minimum atomic E-state index is -0.414. The Morgan fingerprint density at radius 1 is 0.966 bits per heavy atom. The fraction of sp³-hybridized carbons (Fsp3) is 0.652. The number of nitrogens with zero attached hydrogens (tertiary/aromatic N) is 2. The van der Waals surface area contributed by atoms with Crippen LogP contribution in [-0.4, -0.2) is 53.8 Å². The number of carbonyl (C=O) groups is 2. The number of carbonyl (C=O) groups excluding carboxylic acids is 2. The van der Waals surface area contributed by atoms with Gasteiger partial charge in [-0.3, -0.25) is 9.59 Å². The lowest BCUT2D eigenvalue weighted by Gasteiger charge is -2.34. The van der Waals surface area contributed by atoms with E-state index in [-0.39, 0.29) is 18.3 Å². The van der Waals surface area contributed by atoms with E-state index in [1.807, 2.05) is 4.90 Å². The first-order chi connectivity index (χ1) is 13.5. The molecule has 29 heavy (non-hydrogen) atoms. The highest BCUT2D eigenvalue weighted by Crippen LogP contribution is 2.25. The molecular formula is C23H36ClN3O2. The van der Waals surface area contributed by atoms with E-state index >= 15 is 0 Å². The van der Waals surface area contributed by atoms with Crippen LogP contribution in [0.15, 0.2) is 30.3 Å². The van der Waals surface area contributed by atoms with E-state index in [0.29, 0.717) is 24.2 Å². The van der Waals surface area contributed by atoms with Crippen LogP contribution in [0.1, 0.15) is 51.0 Å². The van der Waals surface area contributed by atoms with E-state index in [4.69, 9.17) is 5.73 Å². The number of halogens is 1. The van der Waals surface area contributed by atoms with Crippen LogP contribution >= 0.6 is 12.4 Å². The van der Waals surface area contributed by atoms with Gasteiger partial charge in [0.05, 0.1) is 6.04 Å². The fourth-order valence-corrected chi connectivity index (χ4v) is 4.55. The summed E-state index contributed by atoms with van der Waals surface area (Å²) in [5, 5.41) is 0. The van der Waals surface area contributed by atoms with Gasteiger partial charge in [-0.25, -0.2) is 0 Å². The molecule has 6 heteroatoms. The summed E-state index contributed by atoms with van der Waals surface area (Å²) in [6, 6.07) is 10.2. The van der Waals surface area contributed by atoms with Crippen molar-refractivity contribution in [2.24, 2.45) is 17.6 Å². The molecule has 3 rings (SSSR count). The highest BCUT2D eigenvalue weighted by Gasteiger charge is 2.26. The van der Waals surface area contributed by atoms with Crippen LogP contribution in [-0.2, 0) is 16.0 Å². The van der Waals surface area contributed by atoms with Gasteiger partial charge in [0.25, 0.3) is 0 Å². The molecule has 2 saturated heterocycles. The van der Waals surface area contributed by atoms with Gasteiger partial charge in [-0.05, 0) is 62.8 Å². The third-order valence-corrected chi connectivity index (χ3v) is 6.42. The van der Waals surface area contributed by atoms with Crippen LogP contribution in [0, 0.1) is 11.8 Å². The van der Waals surface area contributed by atoms with Crippen molar-refractivity contribution in [3.05, 3.63) is 35.9 Å². The average Bonchev–Trinajstić information content (AvgIpc) is 2.73. The average molecular weight is 422 g/mol. The summed E-state index contributed by atoms with van der Waals surface area (Å²) >= 11 is 0. The van der Waals surface area contributed by atoms with Crippen LogP contribution < -0.4 is 5.73 Å². The van der Waals surface area contributed by atoms with Crippen LogP contribution in [0.3, 0.4) is 0 Å². The molecule has 0 aromatic heterocycles. The zero-order valence-corrected chi connectivity index (χ0v) is 18.4. The van der Waals surface area contributed by atoms with E-state index in [0.717, 1.165) is 64.7 Å². The van der Waals surface area contributed by atoms with Crippen LogP contribution in [0.4, 0.5) is 0 Å². The molecule has 1 atom stereocenters. The zero-order valence-electron chi connectivity index (χ0n) is 17.6. The summed E-state index contributed by atoms with van der Waals surface area (Å²) in [7, 11) is 0. The van der Waals surface area contributed by atoms with Crippen molar-refractivity contribution in [3.8, 4) is 0 Å². The quantitative estimate of drug-likeness (QED) is 0.766. The maximum Gasteiger partial charge on any atom is 0.239 e. The van der Waals surface area contributed by atoms with Gasteiger partial charge in [0.1, 0.15) is 0 Å². The molecule has 2 heterocycles. The van der Waals surface area contributed by atoms with Crippen molar-refractivity contribution < 1.29 is 9.59 Å². The monoisotopic (exact) mass is 421 g/mol. The van der Waals surface area contributed by atoms with E-state index in [1.165, 1.54) is 5.56 Å². The maximum atomic E-state index is 12.6. The molecule has 1 aromatic carbocycles. The Morgan fingerprint density at radius 3 is 2.10 bits per heavy atom. The predicted molar refractivity (Wildman–Crippen MR) is 119 cm³/mol. The Labute approximate surface area is 181 Å². The van der Waals surface area contributed by atoms with Gasteiger partial charge in [-0.2, -0.15) is 0 Å². The first kappa shape index (κ1) is 23.7. The first-order valence-corrected chi connectivity index (χ1v) is 10.9. The Hall–Kier alpha value is -1.59. The van der Waals surface area contributed by atoms with E-state index < -0.39 is 6.04 Å². The highest BCUT2D eigenvalue weighted by atomic mass is 35.5. The summed E-state index contributed by atoms with van der Waals surface area (Å²) in [4.78, 5) is 28.5. The minimum Gasteiger partial charge on any atom is -0.343 e. The molecular weight excluding hydrogens is 386 g/mol. The molecule has 0 spiro atoms. The van der Waals surface area contributed by atoms with Gasteiger partial charge in [0.2, 0.25) is 11.8 Å². The van der Waals surface area contributed by atoms with Crippen molar-refractivity contribution in [3.63, 3.8) is 0 Å². The fourth-order valence-electron chi connectivity index (χ4n) is 4.55. The van der Waals surface area contributed by atoms with Gasteiger partial charge < -0.3 is 15.5 Å². The number of benzene rings is 1. The number of nitrogens with two attached hydrogens (primary N) is 1. The Balaban J connectivity index is 0.00000300. The number of likely N-dealkylation sites (tertiary alicyclic amines) is 2. The summed E-state index contributed by atoms with van der Waals surface area (Å²) in [6.07, 6.45) is 6.92. The molecule has 0 aliphatic carbocycles. The van der Waals surface area contributed by atoms with Crippen LogP contribution in [0.25, 0.3) is 0 Å². The van der Waals surface area contributed by atoms with Gasteiger partial charge in [0, 0.05) is 32.6 Å². The summed E-state index contributed by atoms with van der Waals surface area (Å²) < 4.78 is 0. The standard InChI is InChI=1S/C23H35N3O2.ClH/c1-18(24)23(28)26-15-9-19(10-16-26)7-8-22(27)25-13-11-21(12-14-25)17-20-5-3-2-4-6-20;/h2-6,18-19,21H,7-17,24H2,1H3;1H/t18-;/m1./s1. The lowest BCUT2D eigenvalue weighted by atomic mass is 9.89. The van der Waals surface area contributed by atoms with Crippen molar-refractivity contribution >= 4 is 24.2 Å². The first-order valence-electron chi connectivity index (χ1n) is 10.9. The maximum absolute atomic E-state index is 12.6. The van der Waals surface area contributed by atoms with E-state index in [9.17, 15) is 9.59 Å². The van der Waals surface area contributed by atoms with Crippen LogP contribution in [0.2, 0.25) is 0 Å². The number of hydrogen-bond acceptors (Lipinski definition) is 3. The molecule has 162 valence electrons. The second-order valence-corrected chi connectivity index (χ2v) is 8.61. The molecule has 2 aliphatic heterocycles. The molecule has 5 nitrogen and oxygen atoms in total. The molecule has 1 aromatic rings. The molecule has 2 aliphatic rings. The third-order valence-electron chi connectivity index (χ3n) is 6.42. The number of hydrogen-bond donors (Lipinski definition) is 1. The molecule has 0 unspecified atom stereocenters. The van der Waals surface area contributed by atoms with Gasteiger partial charge in [-0.15, -0.1) is 12.4 Å². The number of amides is 2. The zero-order chi connectivity index (χ0) is 19.9. The van der Waals surface area contributed by atoms with Crippen molar-refractivity contribution in [2.45, 2.75) is 57.9 Å². The Kier molecular flexibility index (Phi) is 9.44. The Morgan fingerprint density at radius 2 is 1.52 bits per heavy atom. The van der Waals surface area contributed by atoms with Crippen molar-refractivity contribution in [1.29, 1.82) is 0 Å². The molecule has 2 amide bonds. The lowest BCUT2D eigenvalue weighted by molar-refractivity contribution is -0.135. The normalized spacial score (nSPS) is 19.5. The summed E-state index contributed by atoms with van der Waals surface area (Å²) in [5.41, 5.74) is 7.10. The molecule has 2 N–H and O–H groups in total.